The van der Waals surface area contributed by atoms with Crippen LogP contribution in [0.15, 0.2) is 60.7 Å². The molecule has 0 aliphatic heterocycles. The summed E-state index contributed by atoms with van der Waals surface area (Å²) in [5.74, 6) is -1.29. The van der Waals surface area contributed by atoms with Crippen LogP contribution in [0.4, 0.5) is 4.79 Å². The number of hydrogen-bond acceptors (Lipinski definition) is 5. The Morgan fingerprint density at radius 3 is 2.18 bits per heavy atom. The lowest BCUT2D eigenvalue weighted by atomic mass is 9.99. The molecule has 0 aliphatic carbocycles. The van der Waals surface area contributed by atoms with Gasteiger partial charge in [0.1, 0.15) is 6.61 Å². The fraction of sp³-hybridized carbons (Fsp3) is 0.440. The van der Waals surface area contributed by atoms with Gasteiger partial charge in [0.15, 0.2) is 5.60 Å². The SMILES string of the molecule is C[C@@](CCCCNC(=O)OCc1ccccc1)(OP(=O)(O)CCCCc1ccccc1)C(=O)O. The van der Waals surface area contributed by atoms with Gasteiger partial charge in [0.05, 0.1) is 6.16 Å². The molecule has 1 amide bonds. The number of amides is 1. The van der Waals surface area contributed by atoms with Crippen LogP contribution in [0.1, 0.15) is 50.2 Å². The number of benzene rings is 2. The third-order valence-corrected chi connectivity index (χ3v) is 6.93. The number of nitrogens with one attached hydrogen (secondary N) is 1. The van der Waals surface area contributed by atoms with Crippen molar-refractivity contribution in [3.8, 4) is 0 Å². The highest BCUT2D eigenvalue weighted by molar-refractivity contribution is 7.52. The van der Waals surface area contributed by atoms with Gasteiger partial charge in [0.25, 0.3) is 0 Å². The molecule has 0 spiro atoms. The molecule has 0 heterocycles. The number of carboxylic acids is 1. The van der Waals surface area contributed by atoms with Crippen LogP contribution in [0.3, 0.4) is 0 Å². The van der Waals surface area contributed by atoms with Gasteiger partial charge in [-0.25, -0.2) is 9.59 Å². The zero-order valence-corrected chi connectivity index (χ0v) is 20.4. The van der Waals surface area contributed by atoms with Gasteiger partial charge in [-0.2, -0.15) is 0 Å². The summed E-state index contributed by atoms with van der Waals surface area (Å²) in [5, 5.41) is 12.2. The monoisotopic (exact) mass is 491 g/mol. The van der Waals surface area contributed by atoms with E-state index >= 15 is 0 Å². The molecule has 0 aliphatic rings. The number of ether oxygens (including phenoxy) is 1. The van der Waals surface area contributed by atoms with Gasteiger partial charge in [-0.3, -0.25) is 9.09 Å². The summed E-state index contributed by atoms with van der Waals surface area (Å²) in [5.41, 5.74) is 0.238. The molecule has 2 atom stereocenters. The highest BCUT2D eigenvalue weighted by Crippen LogP contribution is 2.48. The molecule has 0 bridgehead atoms. The topological polar surface area (TPSA) is 122 Å². The van der Waals surface area contributed by atoms with Gasteiger partial charge < -0.3 is 20.1 Å². The third kappa shape index (κ3) is 10.5. The molecule has 34 heavy (non-hydrogen) atoms. The summed E-state index contributed by atoms with van der Waals surface area (Å²) in [7, 11) is -4.07. The van der Waals surface area contributed by atoms with Crippen LogP contribution in [-0.2, 0) is 31.6 Å². The van der Waals surface area contributed by atoms with E-state index in [1.807, 2.05) is 60.7 Å². The molecule has 0 saturated carbocycles. The lowest BCUT2D eigenvalue weighted by Gasteiger charge is -2.27. The molecule has 0 fully saturated rings. The molecule has 2 aromatic rings. The number of carbonyl (C=O) groups excluding carboxylic acids is 1. The van der Waals surface area contributed by atoms with E-state index in [4.69, 9.17) is 9.26 Å². The number of unbranched alkanes of at least 4 members (excludes halogenated alkanes) is 2. The predicted molar refractivity (Wildman–Crippen MR) is 130 cm³/mol. The Labute approximate surface area is 200 Å². The summed E-state index contributed by atoms with van der Waals surface area (Å²) in [6.07, 6.45) is 2.17. The molecule has 0 aromatic heterocycles. The Morgan fingerprint density at radius 1 is 0.941 bits per heavy atom. The number of aryl methyl sites for hydroxylation is 1. The van der Waals surface area contributed by atoms with E-state index in [1.165, 1.54) is 6.92 Å². The van der Waals surface area contributed by atoms with E-state index in [1.54, 1.807) is 0 Å². The normalized spacial score (nSPS) is 14.5. The van der Waals surface area contributed by atoms with Crippen LogP contribution in [0.5, 0.6) is 0 Å². The average Bonchev–Trinajstić information content (AvgIpc) is 2.81. The van der Waals surface area contributed by atoms with Crippen molar-refractivity contribution in [3.63, 3.8) is 0 Å². The van der Waals surface area contributed by atoms with E-state index in [2.05, 4.69) is 5.32 Å². The van der Waals surface area contributed by atoms with Crippen LogP contribution in [-0.4, -0.2) is 40.4 Å². The number of aliphatic carboxylic acids is 1. The number of hydrogen-bond donors (Lipinski definition) is 3. The molecule has 2 aromatic carbocycles. The van der Waals surface area contributed by atoms with Crippen LogP contribution in [0.25, 0.3) is 0 Å². The van der Waals surface area contributed by atoms with Crippen LogP contribution < -0.4 is 5.32 Å². The summed E-state index contributed by atoms with van der Waals surface area (Å²) < 4.78 is 22.9. The minimum absolute atomic E-state index is 0.0393. The molecular formula is C25H34NO7P. The van der Waals surface area contributed by atoms with Crippen LogP contribution >= 0.6 is 7.60 Å². The second kappa shape index (κ2) is 13.9. The van der Waals surface area contributed by atoms with Crippen molar-refractivity contribution >= 4 is 19.7 Å². The van der Waals surface area contributed by atoms with Crippen molar-refractivity contribution in [2.75, 3.05) is 12.7 Å². The highest BCUT2D eigenvalue weighted by atomic mass is 31.2. The van der Waals surface area contributed by atoms with Gasteiger partial charge in [-0.15, -0.1) is 0 Å². The largest absolute Gasteiger partial charge is 0.479 e. The van der Waals surface area contributed by atoms with Gasteiger partial charge in [-0.05, 0) is 56.6 Å². The van der Waals surface area contributed by atoms with Crippen molar-refractivity contribution in [1.82, 2.24) is 5.32 Å². The van der Waals surface area contributed by atoms with Gasteiger partial charge in [0, 0.05) is 6.54 Å². The second-order valence-corrected chi connectivity index (χ2v) is 10.3. The number of alkyl carbamates (subject to hydrolysis) is 1. The zero-order valence-electron chi connectivity index (χ0n) is 19.5. The Kier molecular flexibility index (Phi) is 11.3. The minimum Gasteiger partial charge on any atom is -0.479 e. The van der Waals surface area contributed by atoms with Crippen LogP contribution in [0.2, 0.25) is 0 Å². The molecular weight excluding hydrogens is 457 g/mol. The number of carboxylic acid groups (broad SMARTS) is 1. The highest BCUT2D eigenvalue weighted by Gasteiger charge is 2.40. The van der Waals surface area contributed by atoms with Crippen molar-refractivity contribution in [1.29, 1.82) is 0 Å². The fourth-order valence-electron chi connectivity index (χ4n) is 3.39. The fourth-order valence-corrected chi connectivity index (χ4v) is 4.90. The lowest BCUT2D eigenvalue weighted by molar-refractivity contribution is -0.155. The van der Waals surface area contributed by atoms with E-state index in [0.717, 1.165) is 17.5 Å². The molecule has 2 rings (SSSR count). The first-order valence-corrected chi connectivity index (χ1v) is 13.2. The molecule has 1 unspecified atom stereocenters. The van der Waals surface area contributed by atoms with Crippen molar-refractivity contribution in [2.24, 2.45) is 0 Å². The first kappa shape index (κ1) is 27.6. The van der Waals surface area contributed by atoms with Crippen molar-refractivity contribution in [2.45, 2.75) is 57.7 Å². The first-order chi connectivity index (χ1) is 16.2. The predicted octanol–water partition coefficient (Wildman–Crippen LogP) is 5.15. The smallest absolute Gasteiger partial charge is 0.407 e. The Morgan fingerprint density at radius 2 is 1.56 bits per heavy atom. The summed E-state index contributed by atoms with van der Waals surface area (Å²) >= 11 is 0. The van der Waals surface area contributed by atoms with Gasteiger partial charge >= 0.3 is 19.7 Å². The number of rotatable bonds is 15. The van der Waals surface area contributed by atoms with E-state index in [0.29, 0.717) is 32.2 Å². The molecule has 3 N–H and O–H groups in total. The molecule has 0 radical (unpaired) electrons. The summed E-state index contributed by atoms with van der Waals surface area (Å²) in [6.45, 7) is 1.76. The maximum absolute atomic E-state index is 12.5. The maximum Gasteiger partial charge on any atom is 0.407 e. The van der Waals surface area contributed by atoms with E-state index in [9.17, 15) is 24.2 Å². The zero-order chi connectivity index (χ0) is 24.9. The minimum atomic E-state index is -4.07. The maximum atomic E-state index is 12.5. The first-order valence-electron chi connectivity index (χ1n) is 11.4. The van der Waals surface area contributed by atoms with Crippen molar-refractivity contribution in [3.05, 3.63) is 71.8 Å². The quantitative estimate of drug-likeness (QED) is 0.233. The van der Waals surface area contributed by atoms with E-state index in [-0.39, 0.29) is 19.2 Å². The van der Waals surface area contributed by atoms with Gasteiger partial charge in [-0.1, -0.05) is 60.7 Å². The van der Waals surface area contributed by atoms with Gasteiger partial charge in [0.2, 0.25) is 0 Å². The van der Waals surface area contributed by atoms with Crippen molar-refractivity contribution < 1.29 is 33.4 Å². The Bertz CT molecular complexity index is 939. The summed E-state index contributed by atoms with van der Waals surface area (Å²) in [6, 6.07) is 19.1. The Hall–Kier alpha value is -2.67. The molecule has 0 saturated heterocycles. The molecule has 8 nitrogen and oxygen atoms in total. The molecule has 186 valence electrons. The number of carbonyl (C=O) groups is 2. The standard InChI is InChI=1S/C25H34NO7P/c1-25(23(27)28,33-34(30,31)19-11-8-14-21-12-4-2-5-13-21)17-9-10-18-26-24(29)32-20-22-15-6-3-7-16-22/h2-7,12-13,15-16H,8-11,14,17-20H2,1H3,(H,26,29)(H,27,28)(H,30,31)/t25-/m0/s1. The average molecular weight is 492 g/mol. The van der Waals surface area contributed by atoms with E-state index < -0.39 is 25.3 Å². The Balaban J connectivity index is 1.67. The van der Waals surface area contributed by atoms with Crippen LogP contribution in [0, 0.1) is 0 Å². The summed E-state index contributed by atoms with van der Waals surface area (Å²) in [4.78, 5) is 33.7. The third-order valence-electron chi connectivity index (χ3n) is 5.36. The second-order valence-electron chi connectivity index (χ2n) is 8.38. The molecule has 9 heteroatoms. The lowest BCUT2D eigenvalue weighted by Crippen LogP contribution is -2.38.